The van der Waals surface area contributed by atoms with Gasteiger partial charge in [0.1, 0.15) is 0 Å². The molecule has 3 aromatic rings. The van der Waals surface area contributed by atoms with Crippen molar-refractivity contribution in [2.24, 2.45) is 5.73 Å². The number of hydrogen-bond donors (Lipinski definition) is 3. The molecule has 4 N–H and O–H groups in total. The summed E-state index contributed by atoms with van der Waals surface area (Å²) in [6.45, 7) is 6.15. The summed E-state index contributed by atoms with van der Waals surface area (Å²) < 4.78 is 15.6. The highest BCUT2D eigenvalue weighted by Crippen LogP contribution is 2.53. The SMILES string of the molecule is CCN(CC)c1ccc(-c2ccc3c(c2F)NC2c4ccc(NC(N)=O)cc4CC32)cc1. The maximum Gasteiger partial charge on any atom is 0.316 e. The highest BCUT2D eigenvalue weighted by Gasteiger charge is 2.41. The van der Waals surface area contributed by atoms with Crippen molar-refractivity contribution in [3.63, 3.8) is 0 Å². The van der Waals surface area contributed by atoms with Crippen LogP contribution in [0.2, 0.25) is 0 Å². The fraction of sp³-hybridized carbons (Fsp3) is 0.269. The van der Waals surface area contributed by atoms with E-state index < -0.39 is 6.03 Å². The molecule has 0 spiro atoms. The zero-order valence-electron chi connectivity index (χ0n) is 18.3. The Morgan fingerprint density at radius 1 is 1.09 bits per heavy atom. The van der Waals surface area contributed by atoms with E-state index in [2.05, 4.69) is 47.6 Å². The number of benzene rings is 3. The molecule has 6 heteroatoms. The largest absolute Gasteiger partial charge is 0.375 e. The predicted octanol–water partition coefficient (Wildman–Crippen LogP) is 5.64. The van der Waals surface area contributed by atoms with Crippen molar-refractivity contribution >= 4 is 23.1 Å². The number of nitrogens with one attached hydrogen (secondary N) is 2. The van der Waals surface area contributed by atoms with Gasteiger partial charge in [0.25, 0.3) is 0 Å². The second kappa shape index (κ2) is 7.86. The highest BCUT2D eigenvalue weighted by molar-refractivity contribution is 5.88. The molecule has 0 saturated heterocycles. The van der Waals surface area contributed by atoms with E-state index in [9.17, 15) is 4.79 Å². The lowest BCUT2D eigenvalue weighted by Crippen LogP contribution is -2.21. The van der Waals surface area contributed by atoms with Crippen molar-refractivity contribution in [3.8, 4) is 11.1 Å². The number of carbonyl (C=O) groups is 1. The van der Waals surface area contributed by atoms with E-state index in [1.807, 2.05) is 36.4 Å². The average molecular weight is 431 g/mol. The molecule has 1 heterocycles. The third-order valence-electron chi connectivity index (χ3n) is 6.77. The summed E-state index contributed by atoms with van der Waals surface area (Å²) in [6.07, 6.45) is 0.797. The van der Waals surface area contributed by atoms with Crippen molar-refractivity contribution in [1.82, 2.24) is 0 Å². The maximum absolute atomic E-state index is 15.6. The van der Waals surface area contributed by atoms with Crippen LogP contribution in [0.5, 0.6) is 0 Å². The summed E-state index contributed by atoms with van der Waals surface area (Å²) in [6, 6.07) is 17.3. The molecule has 2 amide bonds. The van der Waals surface area contributed by atoms with Gasteiger partial charge in [-0.2, -0.15) is 0 Å². The topological polar surface area (TPSA) is 70.4 Å². The Hall–Kier alpha value is -3.54. The number of rotatable bonds is 5. The van der Waals surface area contributed by atoms with Gasteiger partial charge in [-0.1, -0.05) is 30.3 Å². The zero-order valence-corrected chi connectivity index (χ0v) is 18.3. The lowest BCUT2D eigenvalue weighted by atomic mass is 9.93. The van der Waals surface area contributed by atoms with Crippen molar-refractivity contribution in [2.75, 3.05) is 28.6 Å². The molecule has 1 aliphatic carbocycles. The first kappa shape index (κ1) is 20.4. The molecule has 0 aromatic heterocycles. The lowest BCUT2D eigenvalue weighted by Gasteiger charge is -2.21. The molecule has 5 nitrogen and oxygen atoms in total. The predicted molar refractivity (Wildman–Crippen MR) is 128 cm³/mol. The molecular weight excluding hydrogens is 403 g/mol. The van der Waals surface area contributed by atoms with Gasteiger partial charge in [-0.3, -0.25) is 0 Å². The van der Waals surface area contributed by atoms with Gasteiger partial charge < -0.3 is 21.3 Å². The first-order valence-corrected chi connectivity index (χ1v) is 11.1. The van der Waals surface area contributed by atoms with Gasteiger partial charge in [0.15, 0.2) is 5.82 Å². The minimum Gasteiger partial charge on any atom is -0.375 e. The number of hydrogen-bond acceptors (Lipinski definition) is 3. The molecule has 2 aliphatic rings. The summed E-state index contributed by atoms with van der Waals surface area (Å²) in [4.78, 5) is 13.4. The molecule has 0 saturated carbocycles. The Morgan fingerprint density at radius 3 is 2.50 bits per heavy atom. The van der Waals surface area contributed by atoms with Crippen LogP contribution < -0.4 is 21.3 Å². The second-order valence-electron chi connectivity index (χ2n) is 8.45. The average Bonchev–Trinajstić information content (AvgIpc) is 3.31. The standard InChI is InChI=1S/C26H27FN4O/c1-3-31(4-2)18-8-5-15(6-9-18)19-11-12-21-22-14-16-13-17(29-26(28)32)7-10-20(16)24(22)30-25(21)23(19)27/h5-13,22,24,30H,3-4,14H2,1-2H3,(H3,28,29,32). The van der Waals surface area contributed by atoms with Gasteiger partial charge in [-0.05, 0) is 66.8 Å². The number of nitrogens with zero attached hydrogens (tertiary/aromatic N) is 1. The number of fused-ring (bicyclic) bond motifs is 5. The summed E-state index contributed by atoms with van der Waals surface area (Å²) in [5, 5.41) is 6.07. The third kappa shape index (κ3) is 3.27. The fourth-order valence-electron chi connectivity index (χ4n) is 5.21. The van der Waals surface area contributed by atoms with Crippen LogP contribution in [-0.4, -0.2) is 19.1 Å². The molecule has 3 aromatic carbocycles. The molecular formula is C26H27FN4O. The van der Waals surface area contributed by atoms with Gasteiger partial charge in [0, 0.05) is 35.9 Å². The van der Waals surface area contributed by atoms with Gasteiger partial charge in [-0.25, -0.2) is 9.18 Å². The number of nitrogens with two attached hydrogens (primary N) is 1. The molecule has 164 valence electrons. The number of halogens is 1. The summed E-state index contributed by atoms with van der Waals surface area (Å²) >= 11 is 0. The molecule has 5 rings (SSSR count). The Bertz CT molecular complexity index is 1190. The van der Waals surface area contributed by atoms with Crippen LogP contribution in [0.25, 0.3) is 11.1 Å². The van der Waals surface area contributed by atoms with Crippen LogP contribution in [0, 0.1) is 5.82 Å². The quantitative estimate of drug-likeness (QED) is 0.491. The Labute approximate surface area is 187 Å². The van der Waals surface area contributed by atoms with E-state index in [4.69, 9.17) is 5.73 Å². The van der Waals surface area contributed by atoms with E-state index >= 15 is 4.39 Å². The number of urea groups is 1. The van der Waals surface area contributed by atoms with Crippen LogP contribution in [0.1, 0.15) is 42.5 Å². The Balaban J connectivity index is 1.43. The summed E-state index contributed by atoms with van der Waals surface area (Å²) in [7, 11) is 0. The van der Waals surface area contributed by atoms with Crippen LogP contribution >= 0.6 is 0 Å². The van der Waals surface area contributed by atoms with Crippen molar-refractivity contribution in [2.45, 2.75) is 32.2 Å². The molecule has 2 atom stereocenters. The molecule has 0 bridgehead atoms. The molecule has 0 radical (unpaired) electrons. The number of anilines is 3. The maximum atomic E-state index is 15.6. The fourth-order valence-corrected chi connectivity index (χ4v) is 5.21. The van der Waals surface area contributed by atoms with Crippen LogP contribution in [0.4, 0.5) is 26.2 Å². The molecule has 0 fully saturated rings. The van der Waals surface area contributed by atoms with Gasteiger partial charge in [0.2, 0.25) is 0 Å². The Morgan fingerprint density at radius 2 is 1.81 bits per heavy atom. The molecule has 32 heavy (non-hydrogen) atoms. The van der Waals surface area contributed by atoms with Crippen LogP contribution in [0.3, 0.4) is 0 Å². The monoisotopic (exact) mass is 430 g/mol. The number of primary amides is 1. The Kier molecular flexibility index (Phi) is 5.00. The number of amides is 2. The van der Waals surface area contributed by atoms with Crippen molar-refractivity contribution in [1.29, 1.82) is 0 Å². The summed E-state index contributed by atoms with van der Waals surface area (Å²) in [5.74, 6) is -0.0153. The first-order chi connectivity index (χ1) is 15.5. The minimum atomic E-state index is -0.577. The third-order valence-corrected chi connectivity index (χ3v) is 6.77. The van der Waals surface area contributed by atoms with Crippen molar-refractivity contribution in [3.05, 3.63) is 77.1 Å². The van der Waals surface area contributed by atoms with E-state index in [0.717, 1.165) is 47.5 Å². The van der Waals surface area contributed by atoms with Gasteiger partial charge in [0.05, 0.1) is 11.7 Å². The van der Waals surface area contributed by atoms with E-state index in [1.54, 1.807) is 0 Å². The number of carbonyl (C=O) groups excluding carboxylic acids is 1. The first-order valence-electron chi connectivity index (χ1n) is 11.1. The second-order valence-corrected chi connectivity index (χ2v) is 8.45. The molecule has 2 unspecified atom stereocenters. The smallest absolute Gasteiger partial charge is 0.316 e. The van der Waals surface area contributed by atoms with Crippen LogP contribution in [0.15, 0.2) is 54.6 Å². The lowest BCUT2D eigenvalue weighted by molar-refractivity contribution is 0.259. The van der Waals surface area contributed by atoms with Crippen molar-refractivity contribution < 1.29 is 9.18 Å². The van der Waals surface area contributed by atoms with E-state index in [1.165, 1.54) is 0 Å². The van der Waals surface area contributed by atoms with E-state index in [-0.39, 0.29) is 17.8 Å². The van der Waals surface area contributed by atoms with Crippen LogP contribution in [-0.2, 0) is 6.42 Å². The van der Waals surface area contributed by atoms with Gasteiger partial charge in [-0.15, -0.1) is 0 Å². The zero-order chi connectivity index (χ0) is 22.4. The normalized spacial score (nSPS) is 17.8. The van der Waals surface area contributed by atoms with Gasteiger partial charge >= 0.3 is 6.03 Å². The summed E-state index contributed by atoms with van der Waals surface area (Å²) in [5.41, 5.74) is 12.5. The minimum absolute atomic E-state index is 0.0393. The van der Waals surface area contributed by atoms with E-state index in [0.29, 0.717) is 16.9 Å². The molecule has 1 aliphatic heterocycles. The highest BCUT2D eigenvalue weighted by atomic mass is 19.1.